The van der Waals surface area contributed by atoms with Crippen LogP contribution in [-0.2, 0) is 10.5 Å². The van der Waals surface area contributed by atoms with Crippen molar-refractivity contribution in [2.24, 2.45) is 0 Å². The lowest BCUT2D eigenvalue weighted by molar-refractivity contribution is 0.0602. The molecule has 1 N–H and O–H groups in total. The van der Waals surface area contributed by atoms with Crippen molar-refractivity contribution >= 4 is 52.9 Å². The predicted octanol–water partition coefficient (Wildman–Crippen LogP) is 5.99. The topological polar surface area (TPSA) is 73.2 Å². The van der Waals surface area contributed by atoms with Gasteiger partial charge in [-0.25, -0.2) is 9.48 Å². The number of nitrogens with zero attached hydrogens (tertiary/aromatic N) is 2. The fourth-order valence-electron chi connectivity index (χ4n) is 3.03. The van der Waals surface area contributed by atoms with Gasteiger partial charge in [0.05, 0.1) is 24.0 Å². The summed E-state index contributed by atoms with van der Waals surface area (Å²) >= 11 is 8.58. The minimum atomic E-state index is -0.514. The van der Waals surface area contributed by atoms with Crippen LogP contribution in [0.3, 0.4) is 0 Å². The van der Waals surface area contributed by atoms with Crippen LogP contribution >= 0.6 is 35.3 Å². The van der Waals surface area contributed by atoms with Crippen molar-refractivity contribution in [2.75, 3.05) is 12.4 Å². The molecular weight excluding hydrogens is 474 g/mol. The number of ether oxygens (including phenoxy) is 1. The van der Waals surface area contributed by atoms with Gasteiger partial charge in [0.2, 0.25) is 0 Å². The van der Waals surface area contributed by atoms with Gasteiger partial charge in [0.25, 0.3) is 5.91 Å². The number of hydrogen-bond acceptors (Lipinski definition) is 7. The molecule has 0 unspecified atom stereocenters. The number of carbonyl (C=O) groups is 2. The first-order valence-corrected chi connectivity index (χ1v) is 12.1. The Labute approximate surface area is 204 Å². The van der Waals surface area contributed by atoms with Gasteiger partial charge in [0.15, 0.2) is 8.29 Å². The summed E-state index contributed by atoms with van der Waals surface area (Å²) in [5, 5.41) is 7.38. The zero-order valence-corrected chi connectivity index (χ0v) is 20.0. The van der Waals surface area contributed by atoms with Gasteiger partial charge in [0.1, 0.15) is 0 Å². The molecule has 0 atom stereocenters. The number of para-hydroxylation sites is 1. The molecule has 3 aromatic carbocycles. The fraction of sp³-hybridized carbons (Fsp3) is 0.0833. The van der Waals surface area contributed by atoms with Crippen LogP contribution < -0.4 is 5.32 Å². The van der Waals surface area contributed by atoms with Crippen molar-refractivity contribution in [1.29, 1.82) is 0 Å². The normalized spacial score (nSPS) is 10.6. The first-order chi connectivity index (χ1) is 16.0. The molecule has 0 aliphatic heterocycles. The molecule has 4 rings (SSSR count). The van der Waals surface area contributed by atoms with E-state index in [0.29, 0.717) is 20.8 Å². The number of aromatic nitrogens is 2. The smallest absolute Gasteiger partial charge is 0.339 e. The quantitative estimate of drug-likeness (QED) is 0.194. The minimum absolute atomic E-state index is 0.291. The standard InChI is InChI=1S/C24H19N3O3S3/c1-30-22(29)19-9-5-6-10-20(19)25-21(28)17-11-13-18(14-12-17)27-24(31)33-23(26-27)32-15-16-7-3-2-4-8-16/h2-14H,15H2,1H3,(H,25,28). The molecule has 0 fully saturated rings. The average Bonchev–Trinajstić information content (AvgIpc) is 3.23. The first-order valence-electron chi connectivity index (χ1n) is 9.91. The summed E-state index contributed by atoms with van der Waals surface area (Å²) in [6, 6.07) is 23.9. The van der Waals surface area contributed by atoms with Crippen molar-refractivity contribution in [3.8, 4) is 5.69 Å². The van der Waals surface area contributed by atoms with E-state index in [0.717, 1.165) is 15.8 Å². The van der Waals surface area contributed by atoms with Crippen LogP contribution in [0.1, 0.15) is 26.3 Å². The summed E-state index contributed by atoms with van der Waals surface area (Å²) in [5.74, 6) is -0.0334. The van der Waals surface area contributed by atoms with Crippen LogP contribution in [0, 0.1) is 3.95 Å². The van der Waals surface area contributed by atoms with E-state index in [1.807, 2.05) is 18.2 Å². The molecule has 1 heterocycles. The second kappa shape index (κ2) is 10.6. The summed E-state index contributed by atoms with van der Waals surface area (Å²) in [5.41, 5.74) is 3.12. The zero-order valence-electron chi connectivity index (χ0n) is 17.6. The first kappa shape index (κ1) is 22.9. The Hall–Kier alpha value is -3.27. The van der Waals surface area contributed by atoms with Gasteiger partial charge in [-0.05, 0) is 54.2 Å². The third-order valence-electron chi connectivity index (χ3n) is 4.69. The summed E-state index contributed by atoms with van der Waals surface area (Å²) in [4.78, 5) is 24.6. The van der Waals surface area contributed by atoms with Gasteiger partial charge < -0.3 is 10.1 Å². The van der Waals surface area contributed by atoms with Crippen LogP contribution in [0.2, 0.25) is 0 Å². The van der Waals surface area contributed by atoms with E-state index in [4.69, 9.17) is 17.0 Å². The highest BCUT2D eigenvalue weighted by molar-refractivity contribution is 8.00. The van der Waals surface area contributed by atoms with Crippen LogP contribution in [0.25, 0.3) is 5.69 Å². The second-order valence-electron chi connectivity index (χ2n) is 6.86. The zero-order chi connectivity index (χ0) is 23.2. The molecule has 0 saturated carbocycles. The van der Waals surface area contributed by atoms with E-state index in [-0.39, 0.29) is 5.91 Å². The maximum absolute atomic E-state index is 12.7. The van der Waals surface area contributed by atoms with Crippen molar-refractivity contribution in [3.05, 3.63) is 99.5 Å². The maximum atomic E-state index is 12.7. The summed E-state index contributed by atoms with van der Waals surface area (Å²) in [6.45, 7) is 0. The number of nitrogens with one attached hydrogen (secondary N) is 1. The van der Waals surface area contributed by atoms with E-state index in [9.17, 15) is 9.59 Å². The Kier molecular flexibility index (Phi) is 7.33. The molecule has 0 radical (unpaired) electrons. The number of anilines is 1. The molecule has 1 aromatic heterocycles. The van der Waals surface area contributed by atoms with Crippen LogP contribution in [0.4, 0.5) is 5.69 Å². The lowest BCUT2D eigenvalue weighted by Crippen LogP contribution is -2.15. The van der Waals surface area contributed by atoms with Crippen LogP contribution in [0.5, 0.6) is 0 Å². The molecule has 33 heavy (non-hydrogen) atoms. The van der Waals surface area contributed by atoms with Gasteiger partial charge in [-0.3, -0.25) is 4.79 Å². The number of esters is 1. The summed E-state index contributed by atoms with van der Waals surface area (Å²) in [7, 11) is 1.30. The molecule has 166 valence electrons. The highest BCUT2D eigenvalue weighted by Gasteiger charge is 2.15. The Bertz CT molecular complexity index is 1330. The van der Waals surface area contributed by atoms with Gasteiger partial charge in [-0.1, -0.05) is 65.6 Å². The lowest BCUT2D eigenvalue weighted by Gasteiger charge is -2.10. The van der Waals surface area contributed by atoms with Crippen LogP contribution in [0.15, 0.2) is 83.2 Å². The maximum Gasteiger partial charge on any atom is 0.339 e. The van der Waals surface area contributed by atoms with E-state index >= 15 is 0 Å². The van der Waals surface area contributed by atoms with Crippen molar-refractivity contribution in [1.82, 2.24) is 9.78 Å². The van der Waals surface area contributed by atoms with Crippen molar-refractivity contribution in [3.63, 3.8) is 0 Å². The van der Waals surface area contributed by atoms with Gasteiger partial charge in [-0.2, -0.15) is 0 Å². The van der Waals surface area contributed by atoms with E-state index in [2.05, 4.69) is 22.5 Å². The van der Waals surface area contributed by atoms with Gasteiger partial charge in [0, 0.05) is 11.3 Å². The number of methoxy groups -OCH3 is 1. The minimum Gasteiger partial charge on any atom is -0.465 e. The number of hydrogen-bond donors (Lipinski definition) is 1. The van der Waals surface area contributed by atoms with Crippen LogP contribution in [-0.4, -0.2) is 28.8 Å². The number of benzene rings is 3. The molecule has 0 bridgehead atoms. The molecule has 0 aliphatic carbocycles. The molecular formula is C24H19N3O3S3. The lowest BCUT2D eigenvalue weighted by atomic mass is 10.1. The molecule has 0 aliphatic rings. The Morgan fingerprint density at radius 2 is 1.73 bits per heavy atom. The number of rotatable bonds is 7. The van der Waals surface area contributed by atoms with Gasteiger partial charge >= 0.3 is 5.97 Å². The average molecular weight is 494 g/mol. The van der Waals surface area contributed by atoms with Crippen molar-refractivity contribution < 1.29 is 14.3 Å². The molecule has 1 amide bonds. The number of amides is 1. The Morgan fingerprint density at radius 1 is 1.03 bits per heavy atom. The number of thioether (sulfide) groups is 1. The molecule has 4 aromatic rings. The fourth-order valence-corrected chi connectivity index (χ4v) is 5.35. The second-order valence-corrected chi connectivity index (χ2v) is 9.70. The molecule has 0 saturated heterocycles. The molecule has 9 heteroatoms. The van der Waals surface area contributed by atoms with Gasteiger partial charge in [-0.15, -0.1) is 5.10 Å². The highest BCUT2D eigenvalue weighted by atomic mass is 32.2. The van der Waals surface area contributed by atoms with E-state index < -0.39 is 5.97 Å². The Balaban J connectivity index is 1.46. The summed E-state index contributed by atoms with van der Waals surface area (Å²) in [6.07, 6.45) is 0. The van der Waals surface area contributed by atoms with E-state index in [1.165, 1.54) is 24.0 Å². The third kappa shape index (κ3) is 5.57. The SMILES string of the molecule is COC(=O)c1ccccc1NC(=O)c1ccc(-n2nc(SCc3ccccc3)sc2=S)cc1. The monoisotopic (exact) mass is 493 g/mol. The molecule has 6 nitrogen and oxygen atoms in total. The predicted molar refractivity (Wildman–Crippen MR) is 134 cm³/mol. The van der Waals surface area contributed by atoms with E-state index in [1.54, 1.807) is 65.0 Å². The summed E-state index contributed by atoms with van der Waals surface area (Å²) < 4.78 is 7.98. The number of carbonyl (C=O) groups excluding carboxylic acids is 2. The van der Waals surface area contributed by atoms with Crippen molar-refractivity contribution in [2.45, 2.75) is 10.1 Å². The highest BCUT2D eigenvalue weighted by Crippen LogP contribution is 2.27. The Morgan fingerprint density at radius 3 is 2.45 bits per heavy atom. The largest absolute Gasteiger partial charge is 0.465 e. The third-order valence-corrected chi connectivity index (χ3v) is 7.13. The molecule has 0 spiro atoms.